The van der Waals surface area contributed by atoms with Crippen LogP contribution in [0.3, 0.4) is 0 Å². The zero-order valence-electron chi connectivity index (χ0n) is 8.44. The summed E-state index contributed by atoms with van der Waals surface area (Å²) in [6.45, 7) is 0.765. The monoisotopic (exact) mass is 313 g/mol. The molecule has 0 bridgehead atoms. The largest absolute Gasteiger partial charge is 0.378 e. The summed E-state index contributed by atoms with van der Waals surface area (Å²) in [4.78, 5) is 0. The molecule has 0 aliphatic rings. The zero-order valence-corrected chi connectivity index (χ0v) is 10.6. The van der Waals surface area contributed by atoms with E-state index in [1.165, 1.54) is 3.57 Å². The highest BCUT2D eigenvalue weighted by Gasteiger charge is 1.99. The molecule has 0 fully saturated rings. The second kappa shape index (κ2) is 4.65. The lowest BCUT2D eigenvalue weighted by Gasteiger charge is -2.06. The summed E-state index contributed by atoms with van der Waals surface area (Å²) >= 11 is 2.32. The highest BCUT2D eigenvalue weighted by molar-refractivity contribution is 14.1. The van der Waals surface area contributed by atoms with Crippen LogP contribution in [0.25, 0.3) is 0 Å². The van der Waals surface area contributed by atoms with Gasteiger partial charge in [0.15, 0.2) is 0 Å². The maximum absolute atomic E-state index is 4.31. The van der Waals surface area contributed by atoms with Crippen LogP contribution in [0, 0.1) is 3.57 Å². The predicted octanol–water partition coefficient (Wildman–Crippen LogP) is 2.64. The van der Waals surface area contributed by atoms with Crippen LogP contribution in [0.5, 0.6) is 0 Å². The maximum atomic E-state index is 4.31. The molecule has 3 nitrogen and oxygen atoms in total. The van der Waals surface area contributed by atoms with Crippen molar-refractivity contribution < 1.29 is 0 Å². The van der Waals surface area contributed by atoms with Crippen molar-refractivity contribution in [1.82, 2.24) is 9.78 Å². The summed E-state index contributed by atoms with van der Waals surface area (Å²) in [5.74, 6) is 0. The molecule has 0 aliphatic carbocycles. The molecule has 0 spiro atoms. The second-order valence-corrected chi connectivity index (χ2v) is 4.48. The molecular weight excluding hydrogens is 301 g/mol. The minimum atomic E-state index is 0.765. The lowest BCUT2D eigenvalue weighted by molar-refractivity contribution is 0.747. The number of halogens is 1. The van der Waals surface area contributed by atoms with Crippen LogP contribution in [0.4, 0.5) is 5.69 Å². The van der Waals surface area contributed by atoms with Gasteiger partial charge in [-0.3, -0.25) is 4.68 Å². The summed E-state index contributed by atoms with van der Waals surface area (Å²) in [5.41, 5.74) is 2.21. The standard InChI is InChI=1S/C11H12IN3/c1-15-7-6-9(14-15)8-13-11-5-3-2-4-10(11)12/h2-7,13H,8H2,1H3. The van der Waals surface area contributed by atoms with E-state index in [-0.39, 0.29) is 0 Å². The number of para-hydroxylation sites is 1. The summed E-state index contributed by atoms with van der Waals surface area (Å²) in [7, 11) is 1.93. The van der Waals surface area contributed by atoms with E-state index in [0.29, 0.717) is 0 Å². The number of aromatic nitrogens is 2. The van der Waals surface area contributed by atoms with Crippen LogP contribution in [0.2, 0.25) is 0 Å². The summed E-state index contributed by atoms with van der Waals surface area (Å²) in [6, 6.07) is 10.2. The number of aryl methyl sites for hydroxylation is 1. The Balaban J connectivity index is 2.02. The van der Waals surface area contributed by atoms with Crippen LogP contribution in [-0.2, 0) is 13.6 Å². The molecule has 0 unspecified atom stereocenters. The Labute approximate surface area is 103 Å². The lowest BCUT2D eigenvalue weighted by atomic mass is 10.3. The number of benzene rings is 1. The number of rotatable bonds is 3. The quantitative estimate of drug-likeness (QED) is 0.883. The first-order valence-electron chi connectivity index (χ1n) is 4.72. The molecule has 2 rings (SSSR count). The van der Waals surface area contributed by atoms with Gasteiger partial charge >= 0.3 is 0 Å². The van der Waals surface area contributed by atoms with E-state index in [1.54, 1.807) is 0 Å². The Hall–Kier alpha value is -1.04. The zero-order chi connectivity index (χ0) is 10.7. The summed E-state index contributed by atoms with van der Waals surface area (Å²) < 4.78 is 3.04. The Morgan fingerprint density at radius 1 is 1.33 bits per heavy atom. The van der Waals surface area contributed by atoms with Gasteiger partial charge in [0, 0.05) is 22.5 Å². The number of nitrogens with one attached hydrogen (secondary N) is 1. The molecule has 78 valence electrons. The van der Waals surface area contributed by atoms with Gasteiger partial charge in [-0.05, 0) is 40.8 Å². The summed E-state index contributed by atoms with van der Waals surface area (Å²) in [5, 5.41) is 7.67. The molecule has 1 N–H and O–H groups in total. The molecule has 0 radical (unpaired) electrons. The Morgan fingerprint density at radius 3 is 2.80 bits per heavy atom. The molecule has 15 heavy (non-hydrogen) atoms. The predicted molar refractivity (Wildman–Crippen MR) is 69.7 cm³/mol. The third-order valence-corrected chi connectivity index (χ3v) is 3.04. The molecule has 0 aliphatic heterocycles. The highest BCUT2D eigenvalue weighted by Crippen LogP contribution is 2.17. The van der Waals surface area contributed by atoms with Gasteiger partial charge in [0.25, 0.3) is 0 Å². The van der Waals surface area contributed by atoms with Crippen molar-refractivity contribution in [3.63, 3.8) is 0 Å². The molecule has 0 amide bonds. The van der Waals surface area contributed by atoms with Gasteiger partial charge in [-0.15, -0.1) is 0 Å². The number of hydrogen-bond donors (Lipinski definition) is 1. The SMILES string of the molecule is Cn1ccc(CNc2ccccc2I)n1. The third-order valence-electron chi connectivity index (χ3n) is 2.10. The van der Waals surface area contributed by atoms with Crippen molar-refractivity contribution in [3.8, 4) is 0 Å². The fourth-order valence-corrected chi connectivity index (χ4v) is 1.93. The second-order valence-electron chi connectivity index (χ2n) is 3.31. The Kier molecular flexibility index (Phi) is 3.25. The number of nitrogens with zero attached hydrogens (tertiary/aromatic N) is 2. The van der Waals surface area contributed by atoms with E-state index >= 15 is 0 Å². The number of hydrogen-bond acceptors (Lipinski definition) is 2. The molecule has 4 heteroatoms. The minimum absolute atomic E-state index is 0.765. The van der Waals surface area contributed by atoms with Crippen LogP contribution in [0.1, 0.15) is 5.69 Å². The minimum Gasteiger partial charge on any atom is -0.378 e. The summed E-state index contributed by atoms with van der Waals surface area (Å²) in [6.07, 6.45) is 1.95. The van der Waals surface area contributed by atoms with Crippen LogP contribution in [-0.4, -0.2) is 9.78 Å². The molecular formula is C11H12IN3. The average molecular weight is 313 g/mol. The van der Waals surface area contributed by atoms with Gasteiger partial charge in [0.05, 0.1) is 12.2 Å². The molecule has 1 heterocycles. The first-order valence-corrected chi connectivity index (χ1v) is 5.80. The van der Waals surface area contributed by atoms with Crippen molar-refractivity contribution in [2.45, 2.75) is 6.54 Å². The lowest BCUT2D eigenvalue weighted by Crippen LogP contribution is -2.02. The molecule has 0 atom stereocenters. The van der Waals surface area contributed by atoms with Crippen LogP contribution in [0.15, 0.2) is 36.5 Å². The normalized spacial score (nSPS) is 10.3. The number of anilines is 1. The van der Waals surface area contributed by atoms with Crippen molar-refractivity contribution in [1.29, 1.82) is 0 Å². The van der Waals surface area contributed by atoms with E-state index in [0.717, 1.165) is 17.9 Å². The van der Waals surface area contributed by atoms with E-state index in [4.69, 9.17) is 0 Å². The van der Waals surface area contributed by atoms with E-state index < -0.39 is 0 Å². The fraction of sp³-hybridized carbons (Fsp3) is 0.182. The average Bonchev–Trinajstić information content (AvgIpc) is 2.63. The first-order chi connectivity index (χ1) is 7.25. The molecule has 0 saturated carbocycles. The smallest absolute Gasteiger partial charge is 0.0815 e. The fourth-order valence-electron chi connectivity index (χ4n) is 1.35. The van der Waals surface area contributed by atoms with Crippen LogP contribution >= 0.6 is 22.6 Å². The molecule has 1 aromatic carbocycles. The van der Waals surface area contributed by atoms with Crippen LogP contribution < -0.4 is 5.32 Å². The van der Waals surface area contributed by atoms with Gasteiger partial charge in [-0.2, -0.15) is 5.10 Å². The van der Waals surface area contributed by atoms with Gasteiger partial charge in [0.1, 0.15) is 0 Å². The molecule has 1 aromatic heterocycles. The van der Waals surface area contributed by atoms with Crippen molar-refractivity contribution in [2.24, 2.45) is 7.05 Å². The molecule has 2 aromatic rings. The van der Waals surface area contributed by atoms with E-state index in [2.05, 4.69) is 45.1 Å². The van der Waals surface area contributed by atoms with Gasteiger partial charge < -0.3 is 5.32 Å². The van der Waals surface area contributed by atoms with E-state index in [9.17, 15) is 0 Å². The van der Waals surface area contributed by atoms with Gasteiger partial charge in [0.2, 0.25) is 0 Å². The van der Waals surface area contributed by atoms with E-state index in [1.807, 2.05) is 36.1 Å². The van der Waals surface area contributed by atoms with Crippen molar-refractivity contribution in [3.05, 3.63) is 45.8 Å². The molecule has 0 saturated heterocycles. The topological polar surface area (TPSA) is 29.9 Å². The maximum Gasteiger partial charge on any atom is 0.0815 e. The first kappa shape index (κ1) is 10.5. The Bertz CT molecular complexity index is 451. The van der Waals surface area contributed by atoms with Crippen molar-refractivity contribution in [2.75, 3.05) is 5.32 Å². The van der Waals surface area contributed by atoms with Gasteiger partial charge in [-0.25, -0.2) is 0 Å². The Morgan fingerprint density at radius 2 is 2.13 bits per heavy atom. The highest BCUT2D eigenvalue weighted by atomic mass is 127. The van der Waals surface area contributed by atoms with Gasteiger partial charge in [-0.1, -0.05) is 12.1 Å². The third kappa shape index (κ3) is 2.71. The van der Waals surface area contributed by atoms with Crippen molar-refractivity contribution >= 4 is 28.3 Å².